The Morgan fingerprint density at radius 3 is 2.34 bits per heavy atom. The molecule has 0 bridgehead atoms. The molecule has 1 aliphatic rings. The molecule has 0 spiro atoms. The largest absolute Gasteiger partial charge is 0.356 e. The van der Waals surface area contributed by atoms with Crippen LogP contribution in [-0.4, -0.2) is 42.5 Å². The van der Waals surface area contributed by atoms with E-state index in [2.05, 4.69) is 49.8 Å². The Morgan fingerprint density at radius 2 is 1.69 bits per heavy atom. The minimum Gasteiger partial charge on any atom is -0.356 e. The average molecular weight is 507 g/mol. The zero-order valence-corrected chi connectivity index (χ0v) is 19.8. The lowest BCUT2D eigenvalue weighted by Crippen LogP contribution is -2.37. The number of hydrogen-bond donors (Lipinski definition) is 2. The van der Waals surface area contributed by atoms with E-state index in [0.717, 1.165) is 37.7 Å². The molecule has 0 saturated carbocycles. The fourth-order valence-electron chi connectivity index (χ4n) is 3.58. The number of pyridine rings is 1. The molecule has 158 valence electrons. The lowest BCUT2D eigenvalue weighted by atomic mass is 10.1. The molecule has 1 saturated heterocycles. The standard InChI is InChI=1S/C23H33N5.HI/c1-24-23(26-15-13-22-8-4-5-14-25-22)27-18-20-9-11-21(12-10-20)19-28-16-6-2-3-7-17-28;/h4-5,8-12,14H,2-3,6-7,13,15-19H2,1H3,(H2,24,26,27);1H. The summed E-state index contributed by atoms with van der Waals surface area (Å²) in [5.41, 5.74) is 3.77. The zero-order chi connectivity index (χ0) is 19.4. The highest BCUT2D eigenvalue weighted by Gasteiger charge is 2.09. The molecule has 2 heterocycles. The van der Waals surface area contributed by atoms with Crippen molar-refractivity contribution in [1.29, 1.82) is 0 Å². The second kappa shape index (κ2) is 13.5. The van der Waals surface area contributed by atoms with Crippen LogP contribution in [0.4, 0.5) is 0 Å². The third-order valence-electron chi connectivity index (χ3n) is 5.21. The van der Waals surface area contributed by atoms with E-state index in [1.165, 1.54) is 49.9 Å². The summed E-state index contributed by atoms with van der Waals surface area (Å²) in [4.78, 5) is 11.2. The zero-order valence-electron chi connectivity index (χ0n) is 17.4. The number of rotatable bonds is 7. The van der Waals surface area contributed by atoms with Gasteiger partial charge < -0.3 is 10.6 Å². The molecule has 0 amide bonds. The van der Waals surface area contributed by atoms with Gasteiger partial charge >= 0.3 is 0 Å². The molecular formula is C23H34IN5. The maximum Gasteiger partial charge on any atom is 0.191 e. The van der Waals surface area contributed by atoms with Gasteiger partial charge in [0.25, 0.3) is 0 Å². The van der Waals surface area contributed by atoms with Crippen molar-refractivity contribution in [1.82, 2.24) is 20.5 Å². The van der Waals surface area contributed by atoms with Crippen LogP contribution in [0.2, 0.25) is 0 Å². The summed E-state index contributed by atoms with van der Waals surface area (Å²) in [5, 5.41) is 6.74. The van der Waals surface area contributed by atoms with Crippen molar-refractivity contribution < 1.29 is 0 Å². The highest BCUT2D eigenvalue weighted by molar-refractivity contribution is 14.0. The SMILES string of the molecule is CN=C(NCCc1ccccn1)NCc1ccc(CN2CCCCCC2)cc1.I. The van der Waals surface area contributed by atoms with Gasteiger partial charge in [0.15, 0.2) is 5.96 Å². The number of aliphatic imine (C=N–C) groups is 1. The van der Waals surface area contributed by atoms with Gasteiger partial charge in [-0.05, 0) is 49.2 Å². The Kier molecular flexibility index (Phi) is 11.0. The van der Waals surface area contributed by atoms with E-state index in [4.69, 9.17) is 0 Å². The number of benzene rings is 1. The molecular weight excluding hydrogens is 473 g/mol. The van der Waals surface area contributed by atoms with E-state index in [0.29, 0.717) is 0 Å². The number of nitrogens with zero attached hydrogens (tertiary/aromatic N) is 3. The van der Waals surface area contributed by atoms with Crippen LogP contribution < -0.4 is 10.6 Å². The van der Waals surface area contributed by atoms with Crippen LogP contribution in [-0.2, 0) is 19.5 Å². The first-order valence-electron chi connectivity index (χ1n) is 10.5. The second-order valence-electron chi connectivity index (χ2n) is 7.43. The smallest absolute Gasteiger partial charge is 0.191 e. The summed E-state index contributed by atoms with van der Waals surface area (Å²) in [5.74, 6) is 0.824. The molecule has 1 aromatic carbocycles. The minimum absolute atomic E-state index is 0. The summed E-state index contributed by atoms with van der Waals surface area (Å²) in [7, 11) is 1.81. The summed E-state index contributed by atoms with van der Waals surface area (Å²) in [6.07, 6.45) is 8.17. The first kappa shape index (κ1) is 23.6. The Balaban J connectivity index is 0.00000300. The molecule has 1 aromatic heterocycles. The van der Waals surface area contributed by atoms with Crippen LogP contribution in [0.15, 0.2) is 53.7 Å². The molecule has 29 heavy (non-hydrogen) atoms. The van der Waals surface area contributed by atoms with Crippen molar-refractivity contribution in [2.24, 2.45) is 4.99 Å². The first-order chi connectivity index (χ1) is 13.8. The molecule has 5 nitrogen and oxygen atoms in total. The van der Waals surface area contributed by atoms with Crippen molar-refractivity contribution in [3.05, 3.63) is 65.5 Å². The normalized spacial score (nSPS) is 15.3. The van der Waals surface area contributed by atoms with E-state index < -0.39 is 0 Å². The van der Waals surface area contributed by atoms with Crippen LogP contribution in [0.25, 0.3) is 0 Å². The number of nitrogens with one attached hydrogen (secondary N) is 2. The highest BCUT2D eigenvalue weighted by atomic mass is 127. The van der Waals surface area contributed by atoms with Gasteiger partial charge in [-0.25, -0.2) is 0 Å². The molecule has 1 aliphatic heterocycles. The molecule has 2 N–H and O–H groups in total. The van der Waals surface area contributed by atoms with Gasteiger partial charge in [-0.2, -0.15) is 0 Å². The van der Waals surface area contributed by atoms with Crippen LogP contribution in [0, 0.1) is 0 Å². The molecule has 3 rings (SSSR count). The van der Waals surface area contributed by atoms with E-state index in [-0.39, 0.29) is 24.0 Å². The fraction of sp³-hybridized carbons (Fsp3) is 0.478. The van der Waals surface area contributed by atoms with Crippen LogP contribution >= 0.6 is 24.0 Å². The summed E-state index contributed by atoms with van der Waals surface area (Å²) >= 11 is 0. The van der Waals surface area contributed by atoms with E-state index >= 15 is 0 Å². The average Bonchev–Trinajstić information content (AvgIpc) is 3.01. The Labute approximate surface area is 192 Å². The third kappa shape index (κ3) is 8.70. The highest BCUT2D eigenvalue weighted by Crippen LogP contribution is 2.13. The fourth-order valence-corrected chi connectivity index (χ4v) is 3.58. The Bertz CT molecular complexity index is 710. The minimum atomic E-state index is 0. The number of halogens is 1. The van der Waals surface area contributed by atoms with E-state index in [1.807, 2.05) is 24.4 Å². The van der Waals surface area contributed by atoms with Gasteiger partial charge in [0.05, 0.1) is 0 Å². The molecule has 6 heteroatoms. The first-order valence-corrected chi connectivity index (χ1v) is 10.5. The molecule has 2 aromatic rings. The Morgan fingerprint density at radius 1 is 0.966 bits per heavy atom. The molecule has 0 radical (unpaired) electrons. The molecule has 0 atom stereocenters. The summed E-state index contributed by atoms with van der Waals surface area (Å²) in [6.45, 7) is 5.14. The van der Waals surface area contributed by atoms with Crippen molar-refractivity contribution in [3.8, 4) is 0 Å². The van der Waals surface area contributed by atoms with Gasteiger partial charge in [-0.15, -0.1) is 24.0 Å². The number of hydrogen-bond acceptors (Lipinski definition) is 3. The molecule has 1 fully saturated rings. The monoisotopic (exact) mass is 507 g/mol. The van der Waals surface area contributed by atoms with Crippen molar-refractivity contribution in [3.63, 3.8) is 0 Å². The number of likely N-dealkylation sites (tertiary alicyclic amines) is 1. The van der Waals surface area contributed by atoms with E-state index in [9.17, 15) is 0 Å². The maximum absolute atomic E-state index is 4.35. The van der Waals surface area contributed by atoms with E-state index in [1.54, 1.807) is 7.05 Å². The van der Waals surface area contributed by atoms with Gasteiger partial charge in [-0.1, -0.05) is 43.2 Å². The number of guanidine groups is 1. The van der Waals surface area contributed by atoms with Crippen LogP contribution in [0.1, 0.15) is 42.5 Å². The predicted octanol–water partition coefficient (Wildman–Crippen LogP) is 3.98. The van der Waals surface area contributed by atoms with Crippen LogP contribution in [0.5, 0.6) is 0 Å². The van der Waals surface area contributed by atoms with Crippen molar-refractivity contribution in [2.75, 3.05) is 26.7 Å². The second-order valence-corrected chi connectivity index (χ2v) is 7.43. The summed E-state index contributed by atoms with van der Waals surface area (Å²) in [6, 6.07) is 15.0. The summed E-state index contributed by atoms with van der Waals surface area (Å²) < 4.78 is 0. The quantitative estimate of drug-likeness (QED) is 0.338. The number of aromatic nitrogens is 1. The van der Waals surface area contributed by atoms with Gasteiger partial charge in [-0.3, -0.25) is 14.9 Å². The van der Waals surface area contributed by atoms with Gasteiger partial charge in [0.1, 0.15) is 0 Å². The van der Waals surface area contributed by atoms with Crippen molar-refractivity contribution in [2.45, 2.75) is 45.2 Å². The lowest BCUT2D eigenvalue weighted by molar-refractivity contribution is 0.277. The topological polar surface area (TPSA) is 52.6 Å². The predicted molar refractivity (Wildman–Crippen MR) is 132 cm³/mol. The van der Waals surface area contributed by atoms with Gasteiger partial charge in [0.2, 0.25) is 0 Å². The van der Waals surface area contributed by atoms with Crippen LogP contribution in [0.3, 0.4) is 0 Å². The maximum atomic E-state index is 4.35. The van der Waals surface area contributed by atoms with Gasteiger partial charge in [0, 0.05) is 45.0 Å². The molecule has 0 unspecified atom stereocenters. The third-order valence-corrected chi connectivity index (χ3v) is 5.21. The lowest BCUT2D eigenvalue weighted by Gasteiger charge is -2.20. The van der Waals surface area contributed by atoms with Crippen molar-refractivity contribution >= 4 is 29.9 Å². The molecule has 0 aliphatic carbocycles. The Hall–Kier alpha value is -1.67.